The van der Waals surface area contributed by atoms with E-state index in [1.54, 1.807) is 12.1 Å². The molecular formula is C23H26FN5S. The first kappa shape index (κ1) is 20.5. The first-order chi connectivity index (χ1) is 14.5. The Bertz CT molecular complexity index is 1050. The lowest BCUT2D eigenvalue weighted by Crippen LogP contribution is -2.44. The Labute approximate surface area is 181 Å². The molecule has 1 aliphatic heterocycles. The molecule has 0 atom stereocenters. The molecule has 1 aliphatic rings. The van der Waals surface area contributed by atoms with E-state index in [0.29, 0.717) is 11.7 Å². The Morgan fingerprint density at radius 3 is 2.53 bits per heavy atom. The number of aromatic nitrogens is 1. The Balaban J connectivity index is 1.43. The standard InChI is InChI=1S/C23H26FN5S/c1-16-13-22(29-11-9-28(2)10-12-29)27-21-8-7-19(14-20(16)21)26-23(30)25-15-17-3-5-18(24)6-4-17/h3-8,13-14H,9-12,15H2,1-2H3,(H2,25,26,30). The fraction of sp³-hybridized carbons (Fsp3) is 0.304. The van der Waals surface area contributed by atoms with Crippen LogP contribution in [0, 0.1) is 12.7 Å². The van der Waals surface area contributed by atoms with Gasteiger partial charge in [0.15, 0.2) is 5.11 Å². The van der Waals surface area contributed by atoms with Crippen LogP contribution in [0.1, 0.15) is 11.1 Å². The zero-order valence-electron chi connectivity index (χ0n) is 17.3. The van der Waals surface area contributed by atoms with Crippen LogP contribution in [0.4, 0.5) is 15.9 Å². The molecular weight excluding hydrogens is 397 g/mol. The zero-order chi connectivity index (χ0) is 21.1. The third kappa shape index (κ3) is 4.86. The van der Waals surface area contributed by atoms with Crippen molar-refractivity contribution in [1.29, 1.82) is 0 Å². The Morgan fingerprint density at radius 1 is 1.07 bits per heavy atom. The van der Waals surface area contributed by atoms with E-state index in [9.17, 15) is 4.39 Å². The van der Waals surface area contributed by atoms with Crippen LogP contribution in [0.2, 0.25) is 0 Å². The summed E-state index contributed by atoms with van der Waals surface area (Å²) >= 11 is 5.41. The van der Waals surface area contributed by atoms with Crippen LogP contribution in [0.15, 0.2) is 48.5 Å². The van der Waals surface area contributed by atoms with Crippen molar-refractivity contribution in [1.82, 2.24) is 15.2 Å². The van der Waals surface area contributed by atoms with Crippen molar-refractivity contribution in [2.24, 2.45) is 0 Å². The number of nitrogens with one attached hydrogen (secondary N) is 2. The zero-order valence-corrected chi connectivity index (χ0v) is 18.1. The maximum absolute atomic E-state index is 13.0. The van der Waals surface area contributed by atoms with Gasteiger partial charge in [0.1, 0.15) is 11.6 Å². The number of rotatable bonds is 4. The second kappa shape index (κ2) is 8.93. The monoisotopic (exact) mass is 423 g/mol. The highest BCUT2D eigenvalue weighted by atomic mass is 32.1. The van der Waals surface area contributed by atoms with Gasteiger partial charge in [0.05, 0.1) is 5.52 Å². The Hall–Kier alpha value is -2.77. The molecule has 0 aliphatic carbocycles. The van der Waals surface area contributed by atoms with Crippen molar-refractivity contribution >= 4 is 39.7 Å². The summed E-state index contributed by atoms with van der Waals surface area (Å²) in [5.74, 6) is 0.806. The fourth-order valence-electron chi connectivity index (χ4n) is 3.61. The molecule has 3 aromatic rings. The summed E-state index contributed by atoms with van der Waals surface area (Å²) in [6.07, 6.45) is 0. The topological polar surface area (TPSA) is 43.4 Å². The third-order valence-corrected chi connectivity index (χ3v) is 5.70. The molecule has 0 bridgehead atoms. The highest BCUT2D eigenvalue weighted by molar-refractivity contribution is 7.80. The number of hydrogen-bond acceptors (Lipinski definition) is 4. The summed E-state index contributed by atoms with van der Waals surface area (Å²) in [7, 11) is 2.16. The molecule has 1 saturated heterocycles. The summed E-state index contributed by atoms with van der Waals surface area (Å²) < 4.78 is 13.0. The number of hydrogen-bond donors (Lipinski definition) is 2. The highest BCUT2D eigenvalue weighted by Crippen LogP contribution is 2.26. The first-order valence-electron chi connectivity index (χ1n) is 10.1. The maximum Gasteiger partial charge on any atom is 0.171 e. The summed E-state index contributed by atoms with van der Waals surface area (Å²) in [5, 5.41) is 8.02. The summed E-state index contributed by atoms with van der Waals surface area (Å²) in [6.45, 7) is 6.78. The van der Waals surface area contributed by atoms with Crippen LogP contribution >= 0.6 is 12.2 Å². The van der Waals surface area contributed by atoms with Crippen molar-refractivity contribution in [3.05, 3.63) is 65.5 Å². The molecule has 0 radical (unpaired) electrons. The molecule has 0 amide bonds. The largest absolute Gasteiger partial charge is 0.358 e. The number of pyridine rings is 1. The fourth-order valence-corrected chi connectivity index (χ4v) is 3.80. The smallest absolute Gasteiger partial charge is 0.171 e. The summed E-state index contributed by atoms with van der Waals surface area (Å²) in [4.78, 5) is 9.59. The van der Waals surface area contributed by atoms with Gasteiger partial charge < -0.3 is 20.4 Å². The van der Waals surface area contributed by atoms with Crippen molar-refractivity contribution in [2.45, 2.75) is 13.5 Å². The van der Waals surface area contributed by atoms with Gasteiger partial charge in [0.2, 0.25) is 0 Å². The lowest BCUT2D eigenvalue weighted by atomic mass is 10.1. The molecule has 5 nitrogen and oxygen atoms in total. The van der Waals surface area contributed by atoms with Gasteiger partial charge in [-0.1, -0.05) is 12.1 Å². The number of aryl methyl sites for hydroxylation is 1. The number of nitrogens with zero attached hydrogens (tertiary/aromatic N) is 3. The van der Waals surface area contributed by atoms with Crippen LogP contribution in [-0.4, -0.2) is 48.2 Å². The minimum atomic E-state index is -0.240. The highest BCUT2D eigenvalue weighted by Gasteiger charge is 2.16. The van der Waals surface area contributed by atoms with Gasteiger partial charge >= 0.3 is 0 Å². The predicted octanol–water partition coefficient (Wildman–Crippen LogP) is 3.92. The normalized spacial score (nSPS) is 14.7. The molecule has 2 heterocycles. The number of thiocarbonyl (C=S) groups is 1. The number of fused-ring (bicyclic) bond motifs is 1. The van der Waals surface area contributed by atoms with E-state index in [1.165, 1.54) is 17.7 Å². The molecule has 0 unspecified atom stereocenters. The summed E-state index contributed by atoms with van der Waals surface area (Å²) in [5.41, 5.74) is 4.06. The molecule has 0 spiro atoms. The van der Waals surface area contributed by atoms with Gasteiger partial charge in [0.25, 0.3) is 0 Å². The third-order valence-electron chi connectivity index (χ3n) is 5.45. The number of halogens is 1. The quantitative estimate of drug-likeness (QED) is 0.620. The molecule has 156 valence electrons. The van der Waals surface area contributed by atoms with Gasteiger partial charge in [-0.2, -0.15) is 0 Å². The molecule has 7 heteroatoms. The van der Waals surface area contributed by atoms with Gasteiger partial charge in [-0.05, 0) is 73.7 Å². The number of benzene rings is 2. The second-order valence-electron chi connectivity index (χ2n) is 7.75. The van der Waals surface area contributed by atoms with Crippen LogP contribution in [-0.2, 0) is 6.54 Å². The Kier molecular flexibility index (Phi) is 6.11. The van der Waals surface area contributed by atoms with E-state index in [-0.39, 0.29) is 5.82 Å². The van der Waals surface area contributed by atoms with Gasteiger partial charge in [0, 0.05) is 43.8 Å². The minimum Gasteiger partial charge on any atom is -0.358 e. The summed E-state index contributed by atoms with van der Waals surface area (Å²) in [6, 6.07) is 14.7. The number of anilines is 2. The van der Waals surface area contributed by atoms with Gasteiger partial charge in [-0.15, -0.1) is 0 Å². The Morgan fingerprint density at radius 2 is 1.80 bits per heavy atom. The molecule has 4 rings (SSSR count). The maximum atomic E-state index is 13.0. The molecule has 1 fully saturated rings. The van der Waals surface area contributed by atoms with Crippen LogP contribution in [0.3, 0.4) is 0 Å². The lowest BCUT2D eigenvalue weighted by molar-refractivity contribution is 0.312. The minimum absolute atomic E-state index is 0.240. The van der Waals surface area contributed by atoms with Crippen LogP contribution in [0.25, 0.3) is 10.9 Å². The van der Waals surface area contributed by atoms with E-state index in [0.717, 1.165) is 54.2 Å². The van der Waals surface area contributed by atoms with Crippen LogP contribution < -0.4 is 15.5 Å². The van der Waals surface area contributed by atoms with Gasteiger partial charge in [-0.25, -0.2) is 9.37 Å². The molecule has 2 aromatic carbocycles. The van der Waals surface area contributed by atoms with E-state index < -0.39 is 0 Å². The van der Waals surface area contributed by atoms with Crippen molar-refractivity contribution in [3.8, 4) is 0 Å². The SMILES string of the molecule is Cc1cc(N2CCN(C)CC2)nc2ccc(NC(=S)NCc3ccc(F)cc3)cc12. The van der Waals surface area contributed by atoms with E-state index >= 15 is 0 Å². The molecule has 2 N–H and O–H groups in total. The number of likely N-dealkylation sites (N-methyl/N-ethyl adjacent to an activating group) is 1. The average molecular weight is 424 g/mol. The molecule has 1 aromatic heterocycles. The van der Waals surface area contributed by atoms with Gasteiger partial charge in [-0.3, -0.25) is 0 Å². The number of piperazine rings is 1. The second-order valence-corrected chi connectivity index (χ2v) is 8.16. The average Bonchev–Trinajstić information content (AvgIpc) is 2.74. The van der Waals surface area contributed by atoms with E-state index in [1.807, 2.05) is 12.1 Å². The van der Waals surface area contributed by atoms with Crippen molar-refractivity contribution in [2.75, 3.05) is 43.4 Å². The van der Waals surface area contributed by atoms with Crippen LogP contribution in [0.5, 0.6) is 0 Å². The van der Waals surface area contributed by atoms with E-state index in [4.69, 9.17) is 17.2 Å². The van der Waals surface area contributed by atoms with Crippen molar-refractivity contribution in [3.63, 3.8) is 0 Å². The predicted molar refractivity (Wildman–Crippen MR) is 126 cm³/mol. The van der Waals surface area contributed by atoms with E-state index in [2.05, 4.69) is 46.5 Å². The molecule has 0 saturated carbocycles. The molecule has 30 heavy (non-hydrogen) atoms. The first-order valence-corrected chi connectivity index (χ1v) is 10.5. The lowest BCUT2D eigenvalue weighted by Gasteiger charge is -2.33. The van der Waals surface area contributed by atoms with Crippen molar-refractivity contribution < 1.29 is 4.39 Å².